The average molecular weight is 386 g/mol. The van der Waals surface area contributed by atoms with Gasteiger partial charge in [-0.05, 0) is 49.1 Å². The van der Waals surface area contributed by atoms with E-state index < -0.39 is 15.9 Å². The van der Waals surface area contributed by atoms with Gasteiger partial charge in [-0.2, -0.15) is 0 Å². The fraction of sp³-hybridized carbons (Fsp3) is 0.250. The zero-order chi connectivity index (χ0) is 19.4. The van der Waals surface area contributed by atoms with Gasteiger partial charge in [0, 0.05) is 10.9 Å². The molecule has 0 aliphatic rings. The number of carbonyl (C=O) groups excluding carboxylic acids is 1. The van der Waals surface area contributed by atoms with Crippen molar-refractivity contribution < 1.29 is 17.9 Å². The third-order valence-corrected chi connectivity index (χ3v) is 4.70. The number of hydrogen-bond donors (Lipinski definition) is 2. The number of amides is 1. The maximum atomic E-state index is 12.4. The average Bonchev–Trinajstić information content (AvgIpc) is 2.96. The summed E-state index contributed by atoms with van der Waals surface area (Å²) >= 11 is 0. The lowest BCUT2D eigenvalue weighted by Crippen LogP contribution is -2.30. The van der Waals surface area contributed by atoms with Crippen molar-refractivity contribution in [3.05, 3.63) is 65.4 Å². The van der Waals surface area contributed by atoms with Crippen LogP contribution >= 0.6 is 0 Å². The first kappa shape index (κ1) is 19.0. The Labute approximate surface area is 158 Å². The number of fused-ring (bicyclic) bond motifs is 1. The molecule has 3 rings (SSSR count). The first-order chi connectivity index (χ1) is 12.8. The van der Waals surface area contributed by atoms with E-state index >= 15 is 0 Å². The van der Waals surface area contributed by atoms with Gasteiger partial charge < -0.3 is 9.72 Å². The highest BCUT2D eigenvalue weighted by Crippen LogP contribution is 2.24. The van der Waals surface area contributed by atoms with Crippen molar-refractivity contribution in [2.45, 2.75) is 19.8 Å². The first-order valence-corrected chi connectivity index (χ1v) is 10.5. The number of hydrogen-bond acceptors (Lipinski definition) is 4. The van der Waals surface area contributed by atoms with Crippen LogP contribution in [0.25, 0.3) is 10.9 Å². The van der Waals surface area contributed by atoms with Crippen LogP contribution in [0.2, 0.25) is 0 Å². The highest BCUT2D eigenvalue weighted by Gasteiger charge is 2.19. The van der Waals surface area contributed by atoms with Crippen LogP contribution < -0.4 is 9.46 Å². The number of rotatable bonds is 7. The van der Waals surface area contributed by atoms with E-state index in [-0.39, 0.29) is 5.69 Å². The predicted octanol–water partition coefficient (Wildman–Crippen LogP) is 3.18. The molecule has 0 saturated heterocycles. The Bertz CT molecular complexity index is 1070. The topological polar surface area (TPSA) is 88.3 Å². The fourth-order valence-electron chi connectivity index (χ4n) is 3.02. The van der Waals surface area contributed by atoms with Gasteiger partial charge in [-0.3, -0.25) is 4.79 Å². The molecule has 6 nitrogen and oxygen atoms in total. The molecule has 27 heavy (non-hydrogen) atoms. The summed E-state index contributed by atoms with van der Waals surface area (Å²) < 4.78 is 30.6. The van der Waals surface area contributed by atoms with Gasteiger partial charge in [-0.1, -0.05) is 30.3 Å². The maximum Gasteiger partial charge on any atom is 0.281 e. The number of aryl methyl sites for hydroxylation is 2. The Morgan fingerprint density at radius 2 is 1.93 bits per heavy atom. The van der Waals surface area contributed by atoms with Crippen LogP contribution in [0.1, 0.15) is 28.0 Å². The van der Waals surface area contributed by atoms with E-state index in [1.165, 1.54) is 0 Å². The number of ether oxygens (including phenoxy) is 1. The standard InChI is InChI=1S/C20H22N2O4S/c1-14-7-5-8-15(13-14)26-12-6-10-17-16-9-3-4-11-18(16)21-19(17)20(23)22-27(2,24)25/h3-5,7-9,11,13,21H,6,10,12H2,1-2H3,(H,22,23). The van der Waals surface area contributed by atoms with E-state index in [0.717, 1.165) is 34.0 Å². The van der Waals surface area contributed by atoms with Crippen LogP contribution in [0.5, 0.6) is 5.75 Å². The molecule has 142 valence electrons. The second-order valence-corrected chi connectivity index (χ2v) is 8.24. The summed E-state index contributed by atoms with van der Waals surface area (Å²) in [6.45, 7) is 2.50. The zero-order valence-electron chi connectivity index (χ0n) is 15.3. The smallest absolute Gasteiger partial charge is 0.281 e. The van der Waals surface area contributed by atoms with Crippen molar-refractivity contribution in [2.24, 2.45) is 0 Å². The SMILES string of the molecule is Cc1cccc(OCCCc2c(C(=O)NS(C)(=O)=O)[nH]c3ccccc23)c1. The lowest BCUT2D eigenvalue weighted by molar-refractivity contribution is 0.0976. The number of benzene rings is 2. The van der Waals surface area contributed by atoms with Gasteiger partial charge in [0.2, 0.25) is 10.0 Å². The molecule has 0 saturated carbocycles. The number of para-hydroxylation sites is 1. The normalized spacial score (nSPS) is 11.5. The van der Waals surface area contributed by atoms with Gasteiger partial charge in [0.1, 0.15) is 11.4 Å². The predicted molar refractivity (Wildman–Crippen MR) is 106 cm³/mol. The minimum Gasteiger partial charge on any atom is -0.494 e. The number of H-pyrrole nitrogens is 1. The molecule has 1 amide bonds. The molecule has 2 N–H and O–H groups in total. The highest BCUT2D eigenvalue weighted by molar-refractivity contribution is 7.89. The first-order valence-electron chi connectivity index (χ1n) is 8.64. The molecule has 1 heterocycles. The maximum absolute atomic E-state index is 12.4. The highest BCUT2D eigenvalue weighted by atomic mass is 32.2. The van der Waals surface area contributed by atoms with Crippen molar-refractivity contribution in [1.29, 1.82) is 0 Å². The molecule has 0 spiro atoms. The Balaban J connectivity index is 1.76. The van der Waals surface area contributed by atoms with Gasteiger partial charge in [0.25, 0.3) is 5.91 Å². The third-order valence-electron chi connectivity index (χ3n) is 4.15. The monoisotopic (exact) mass is 386 g/mol. The van der Waals surface area contributed by atoms with E-state index in [0.29, 0.717) is 19.4 Å². The molecular weight excluding hydrogens is 364 g/mol. The van der Waals surface area contributed by atoms with Crippen LogP contribution in [0.4, 0.5) is 0 Å². The second kappa shape index (κ2) is 7.84. The van der Waals surface area contributed by atoms with Crippen molar-refractivity contribution in [2.75, 3.05) is 12.9 Å². The van der Waals surface area contributed by atoms with Crippen molar-refractivity contribution in [3.63, 3.8) is 0 Å². The van der Waals surface area contributed by atoms with E-state index in [1.54, 1.807) is 0 Å². The van der Waals surface area contributed by atoms with Crippen LogP contribution in [0, 0.1) is 6.92 Å². The Morgan fingerprint density at radius 1 is 1.15 bits per heavy atom. The molecule has 2 aromatic carbocycles. The molecule has 7 heteroatoms. The Morgan fingerprint density at radius 3 is 2.67 bits per heavy atom. The fourth-order valence-corrected chi connectivity index (χ4v) is 3.46. The lowest BCUT2D eigenvalue weighted by Gasteiger charge is -2.08. The minimum absolute atomic E-state index is 0.275. The number of aromatic amines is 1. The number of nitrogens with one attached hydrogen (secondary N) is 2. The van der Waals surface area contributed by atoms with Gasteiger partial charge in [-0.15, -0.1) is 0 Å². The lowest BCUT2D eigenvalue weighted by atomic mass is 10.1. The molecule has 0 fully saturated rings. The van der Waals surface area contributed by atoms with Crippen LogP contribution in [-0.2, 0) is 16.4 Å². The molecule has 0 aliphatic heterocycles. The summed E-state index contributed by atoms with van der Waals surface area (Å²) in [4.78, 5) is 15.4. The van der Waals surface area contributed by atoms with E-state index in [2.05, 4.69) is 4.98 Å². The quantitative estimate of drug-likeness (QED) is 0.611. The van der Waals surface area contributed by atoms with Crippen molar-refractivity contribution >= 4 is 26.8 Å². The van der Waals surface area contributed by atoms with E-state index in [1.807, 2.05) is 60.2 Å². The van der Waals surface area contributed by atoms with Gasteiger partial charge in [0.05, 0.1) is 12.9 Å². The summed E-state index contributed by atoms with van der Waals surface area (Å²) in [7, 11) is -3.64. The molecule has 3 aromatic rings. The number of carbonyl (C=O) groups is 1. The van der Waals surface area contributed by atoms with Crippen LogP contribution in [0.3, 0.4) is 0 Å². The summed E-state index contributed by atoms with van der Waals surface area (Å²) in [5, 5.41) is 0.909. The molecular formula is C20H22N2O4S. The number of sulfonamides is 1. The van der Waals surface area contributed by atoms with Gasteiger partial charge in [-0.25, -0.2) is 13.1 Å². The Kier molecular flexibility index (Phi) is 5.51. The zero-order valence-corrected chi connectivity index (χ0v) is 16.1. The summed E-state index contributed by atoms with van der Waals surface area (Å²) in [5.74, 6) is 0.160. The second-order valence-electron chi connectivity index (χ2n) is 6.50. The van der Waals surface area contributed by atoms with E-state index in [9.17, 15) is 13.2 Å². The molecule has 0 unspecified atom stereocenters. The summed E-state index contributed by atoms with van der Waals surface area (Å²) in [6, 6.07) is 15.4. The molecule has 0 atom stereocenters. The van der Waals surface area contributed by atoms with E-state index in [4.69, 9.17) is 4.74 Å². The molecule has 0 aliphatic carbocycles. The summed E-state index contributed by atoms with van der Waals surface area (Å²) in [6.07, 6.45) is 2.24. The van der Waals surface area contributed by atoms with Crippen LogP contribution in [0.15, 0.2) is 48.5 Å². The largest absolute Gasteiger partial charge is 0.494 e. The van der Waals surface area contributed by atoms with Crippen molar-refractivity contribution in [3.8, 4) is 5.75 Å². The summed E-state index contributed by atoms with van der Waals surface area (Å²) in [5.41, 5.74) is 2.99. The minimum atomic E-state index is -3.64. The Hall–Kier alpha value is -2.80. The third kappa shape index (κ3) is 4.89. The molecule has 0 bridgehead atoms. The number of aromatic nitrogens is 1. The molecule has 1 aromatic heterocycles. The van der Waals surface area contributed by atoms with Gasteiger partial charge in [0.15, 0.2) is 0 Å². The van der Waals surface area contributed by atoms with Gasteiger partial charge >= 0.3 is 0 Å². The molecule has 0 radical (unpaired) electrons. The van der Waals surface area contributed by atoms with Crippen LogP contribution in [-0.4, -0.2) is 32.2 Å². The van der Waals surface area contributed by atoms with Crippen molar-refractivity contribution in [1.82, 2.24) is 9.71 Å².